The van der Waals surface area contributed by atoms with Crippen LogP contribution in [0.4, 0.5) is 5.69 Å². The molecule has 5 nitrogen and oxygen atoms in total. The first-order chi connectivity index (χ1) is 14.3. The summed E-state index contributed by atoms with van der Waals surface area (Å²) in [5, 5.41) is 12.8. The molecule has 0 radical (unpaired) electrons. The summed E-state index contributed by atoms with van der Waals surface area (Å²) < 4.78 is 0. The average molecular weight is 439 g/mol. The fourth-order valence-electron chi connectivity index (χ4n) is 3.17. The van der Waals surface area contributed by atoms with Gasteiger partial charge >= 0.3 is 0 Å². The molecular weight excluding hydrogens is 419 g/mol. The number of amides is 1. The largest absolute Gasteiger partial charge is 0.322 e. The van der Waals surface area contributed by atoms with Crippen LogP contribution >= 0.6 is 23.2 Å². The minimum absolute atomic E-state index is 0.317. The summed E-state index contributed by atoms with van der Waals surface area (Å²) in [5.41, 5.74) is 5.40. The Balaban J connectivity index is 1.65. The highest BCUT2D eigenvalue weighted by Crippen LogP contribution is 2.26. The zero-order chi connectivity index (χ0) is 21.4. The summed E-state index contributed by atoms with van der Waals surface area (Å²) in [6, 6.07) is 16.7. The third-order valence-corrected chi connectivity index (χ3v) is 5.50. The number of hydrogen-bond donors (Lipinski definition) is 1. The van der Waals surface area contributed by atoms with E-state index in [0.29, 0.717) is 32.7 Å². The molecule has 7 heteroatoms. The summed E-state index contributed by atoms with van der Waals surface area (Å²) in [7, 11) is 0. The van der Waals surface area contributed by atoms with Gasteiger partial charge in [0.15, 0.2) is 0 Å². The van der Waals surface area contributed by atoms with Gasteiger partial charge in [0.1, 0.15) is 11.0 Å². The van der Waals surface area contributed by atoms with Crippen LogP contribution in [-0.4, -0.2) is 20.9 Å². The van der Waals surface area contributed by atoms with Crippen molar-refractivity contribution in [3.8, 4) is 5.69 Å². The topological polar surface area (TPSA) is 59.8 Å². The fraction of sp³-hybridized carbons (Fsp3) is 0.174. The van der Waals surface area contributed by atoms with Crippen molar-refractivity contribution in [2.45, 2.75) is 26.7 Å². The van der Waals surface area contributed by atoms with E-state index in [0.717, 1.165) is 16.8 Å². The smallest absolute Gasteiger partial charge is 0.257 e. The lowest BCUT2D eigenvalue weighted by Crippen LogP contribution is -2.13. The average Bonchev–Trinajstić information content (AvgIpc) is 3.12. The van der Waals surface area contributed by atoms with Gasteiger partial charge in [-0.3, -0.25) is 4.79 Å². The molecule has 1 N–H and O–H groups in total. The summed E-state index contributed by atoms with van der Waals surface area (Å²) in [6.45, 7) is 6.22. The van der Waals surface area contributed by atoms with Gasteiger partial charge in [0.05, 0.1) is 16.3 Å². The molecule has 30 heavy (non-hydrogen) atoms. The first kappa shape index (κ1) is 20.4. The van der Waals surface area contributed by atoms with Gasteiger partial charge in [-0.2, -0.15) is 4.80 Å². The van der Waals surface area contributed by atoms with Crippen molar-refractivity contribution in [2.75, 3.05) is 5.32 Å². The molecular formula is C23H20Cl2N4O. The van der Waals surface area contributed by atoms with E-state index in [9.17, 15) is 4.79 Å². The van der Waals surface area contributed by atoms with Gasteiger partial charge in [0.2, 0.25) is 0 Å². The van der Waals surface area contributed by atoms with Gasteiger partial charge in [0, 0.05) is 10.7 Å². The Morgan fingerprint density at radius 2 is 1.63 bits per heavy atom. The van der Waals surface area contributed by atoms with E-state index in [4.69, 9.17) is 23.2 Å². The number of aromatic nitrogens is 3. The molecule has 0 saturated heterocycles. The van der Waals surface area contributed by atoms with Crippen molar-refractivity contribution in [1.82, 2.24) is 15.0 Å². The van der Waals surface area contributed by atoms with Crippen LogP contribution in [0, 0.1) is 6.92 Å². The monoisotopic (exact) mass is 438 g/mol. The maximum Gasteiger partial charge on any atom is 0.257 e. The van der Waals surface area contributed by atoms with Crippen molar-refractivity contribution in [3.63, 3.8) is 0 Å². The lowest BCUT2D eigenvalue weighted by atomic mass is 10.0. The normalized spacial score (nSPS) is 11.3. The van der Waals surface area contributed by atoms with Crippen molar-refractivity contribution >= 4 is 45.8 Å². The number of fused-ring (bicyclic) bond motifs is 1. The van der Waals surface area contributed by atoms with E-state index >= 15 is 0 Å². The second kappa shape index (κ2) is 8.09. The zero-order valence-electron chi connectivity index (χ0n) is 16.8. The maximum atomic E-state index is 12.7. The number of hydrogen-bond acceptors (Lipinski definition) is 3. The minimum Gasteiger partial charge on any atom is -0.322 e. The van der Waals surface area contributed by atoms with Gasteiger partial charge in [-0.05, 0) is 66.4 Å². The van der Waals surface area contributed by atoms with Crippen LogP contribution in [0.25, 0.3) is 16.7 Å². The SMILES string of the molecule is Cc1cc2nn(-c3ccc(C(C)C)cc3)nc2cc1NC(=O)c1cc(Cl)ccc1Cl. The summed E-state index contributed by atoms with van der Waals surface area (Å²) >= 11 is 12.2. The van der Waals surface area contributed by atoms with Crippen molar-refractivity contribution in [3.05, 3.63) is 81.3 Å². The highest BCUT2D eigenvalue weighted by atomic mass is 35.5. The number of carbonyl (C=O) groups is 1. The van der Waals surface area contributed by atoms with Gasteiger partial charge < -0.3 is 5.32 Å². The molecule has 0 fully saturated rings. The number of nitrogens with one attached hydrogen (secondary N) is 1. The van der Waals surface area contributed by atoms with Crippen LogP contribution < -0.4 is 5.32 Å². The second-order valence-electron chi connectivity index (χ2n) is 7.47. The Morgan fingerprint density at radius 3 is 2.30 bits per heavy atom. The Kier molecular flexibility index (Phi) is 5.50. The van der Waals surface area contributed by atoms with Crippen molar-refractivity contribution < 1.29 is 4.79 Å². The molecule has 152 valence electrons. The fourth-order valence-corrected chi connectivity index (χ4v) is 3.55. The molecule has 0 bridgehead atoms. The predicted molar refractivity (Wildman–Crippen MR) is 122 cm³/mol. The Labute approximate surface area is 184 Å². The Bertz CT molecular complexity index is 1250. The lowest BCUT2D eigenvalue weighted by molar-refractivity contribution is 0.102. The summed E-state index contributed by atoms with van der Waals surface area (Å²) in [4.78, 5) is 14.3. The number of nitrogens with zero attached hydrogens (tertiary/aromatic N) is 3. The molecule has 4 rings (SSSR count). The Morgan fingerprint density at radius 1 is 0.967 bits per heavy atom. The number of aryl methyl sites for hydroxylation is 1. The van der Waals surface area contributed by atoms with E-state index in [1.165, 1.54) is 5.56 Å². The third-order valence-electron chi connectivity index (χ3n) is 4.94. The molecule has 0 aliphatic rings. The molecule has 4 aromatic rings. The summed E-state index contributed by atoms with van der Waals surface area (Å²) in [5.74, 6) is 0.132. The van der Waals surface area contributed by atoms with E-state index in [1.54, 1.807) is 23.0 Å². The molecule has 0 aliphatic carbocycles. The first-order valence-corrected chi connectivity index (χ1v) is 10.3. The van der Waals surface area contributed by atoms with Gasteiger partial charge in [-0.25, -0.2) is 0 Å². The number of rotatable bonds is 4. The summed E-state index contributed by atoms with van der Waals surface area (Å²) in [6.07, 6.45) is 0. The predicted octanol–water partition coefficient (Wildman–Crippen LogP) is 6.41. The minimum atomic E-state index is -0.332. The van der Waals surface area contributed by atoms with Gasteiger partial charge in [0.25, 0.3) is 5.91 Å². The molecule has 3 aromatic carbocycles. The van der Waals surface area contributed by atoms with Crippen LogP contribution in [0.2, 0.25) is 10.0 Å². The molecule has 0 unspecified atom stereocenters. The van der Waals surface area contributed by atoms with Gasteiger partial charge in [-0.1, -0.05) is 49.2 Å². The highest BCUT2D eigenvalue weighted by Gasteiger charge is 2.14. The molecule has 0 saturated carbocycles. The standard InChI is InChI=1S/C23H20Cl2N4O/c1-13(2)15-4-7-17(8-5-15)29-27-21-10-14(3)20(12-22(21)28-29)26-23(30)18-11-16(24)6-9-19(18)25/h4-13H,1-3H3,(H,26,30). The lowest BCUT2D eigenvalue weighted by Gasteiger charge is -2.09. The van der Waals surface area contributed by atoms with Crippen LogP contribution in [0.1, 0.15) is 41.3 Å². The van der Waals surface area contributed by atoms with Gasteiger partial charge in [-0.15, -0.1) is 10.2 Å². The van der Waals surface area contributed by atoms with Crippen LogP contribution in [0.15, 0.2) is 54.6 Å². The van der Waals surface area contributed by atoms with Crippen LogP contribution in [0.3, 0.4) is 0 Å². The molecule has 0 atom stereocenters. The third kappa shape index (κ3) is 4.04. The van der Waals surface area contributed by atoms with E-state index in [2.05, 4.69) is 41.5 Å². The van der Waals surface area contributed by atoms with Crippen molar-refractivity contribution in [1.29, 1.82) is 0 Å². The van der Waals surface area contributed by atoms with Crippen LogP contribution in [-0.2, 0) is 0 Å². The molecule has 1 amide bonds. The highest BCUT2D eigenvalue weighted by molar-refractivity contribution is 6.36. The quantitative estimate of drug-likeness (QED) is 0.400. The molecule has 0 spiro atoms. The zero-order valence-corrected chi connectivity index (χ0v) is 18.3. The molecule has 1 heterocycles. The number of anilines is 1. The number of carbonyl (C=O) groups excluding carboxylic acids is 1. The number of halogens is 2. The Hall–Kier alpha value is -2.89. The first-order valence-electron chi connectivity index (χ1n) is 9.56. The number of benzene rings is 3. The second-order valence-corrected chi connectivity index (χ2v) is 8.31. The van der Waals surface area contributed by atoms with Crippen LogP contribution in [0.5, 0.6) is 0 Å². The molecule has 1 aromatic heterocycles. The maximum absolute atomic E-state index is 12.7. The van der Waals surface area contributed by atoms with E-state index in [-0.39, 0.29) is 5.91 Å². The van der Waals surface area contributed by atoms with E-state index in [1.807, 2.05) is 31.2 Å². The molecule has 0 aliphatic heterocycles. The van der Waals surface area contributed by atoms with E-state index < -0.39 is 0 Å². The van der Waals surface area contributed by atoms with Crippen molar-refractivity contribution in [2.24, 2.45) is 0 Å².